The van der Waals surface area contributed by atoms with Gasteiger partial charge in [-0.25, -0.2) is 0 Å². The number of aliphatic hydroxyl groups excluding tert-OH is 1. The number of ketones is 1. The second-order valence-electron chi connectivity index (χ2n) is 10.9. The molecule has 0 heterocycles. The van der Waals surface area contributed by atoms with Crippen LogP contribution in [0.4, 0.5) is 0 Å². The smallest absolute Gasteiger partial charge is 0.162 e. The van der Waals surface area contributed by atoms with Crippen molar-refractivity contribution in [2.45, 2.75) is 46.6 Å². The van der Waals surface area contributed by atoms with Gasteiger partial charge in [-0.1, -0.05) is 87.0 Å². The molecule has 1 saturated carbocycles. The van der Waals surface area contributed by atoms with Gasteiger partial charge in [0.05, 0.1) is 12.3 Å². The van der Waals surface area contributed by atoms with Crippen LogP contribution in [0.15, 0.2) is 115 Å². The highest BCUT2D eigenvalue weighted by atomic mass is 31.2. The van der Waals surface area contributed by atoms with Gasteiger partial charge in [-0.3, -0.25) is 4.79 Å². The Morgan fingerprint density at radius 3 is 1.64 bits per heavy atom. The molecule has 0 unspecified atom stereocenters. The maximum atomic E-state index is 13.3. The van der Waals surface area contributed by atoms with Crippen LogP contribution in [0.25, 0.3) is 0 Å². The number of aliphatic hydroxyl groups is 1. The summed E-state index contributed by atoms with van der Waals surface area (Å²) in [6.07, 6.45) is 7.64. The Labute approximate surface area is 217 Å². The quantitative estimate of drug-likeness (QED) is 0.227. The van der Waals surface area contributed by atoms with Crippen molar-refractivity contribution in [2.24, 2.45) is 10.8 Å². The highest BCUT2D eigenvalue weighted by molar-refractivity contribution is 7.95. The zero-order valence-electron chi connectivity index (χ0n) is 21.9. The first-order valence-electron chi connectivity index (χ1n) is 12.8. The minimum Gasteiger partial charge on any atom is -0.393 e. The average Bonchev–Trinajstić information content (AvgIpc) is 3.11. The molecule has 0 bridgehead atoms. The van der Waals surface area contributed by atoms with E-state index in [1.165, 1.54) is 15.9 Å². The molecular weight excluding hydrogens is 459 g/mol. The standard InChI is InChI=1S/C33H38O2P/c1-26(20-21-31(35)33(4)25-27(34)24-32(33,2)3)22-23-36(28-14-8-5-9-15-28,29-16-10-6-11-17-29)30-18-12-7-13-19-30/h5-22,27,34H,23-25H2,1-4H3/q+1/b21-20+,26-22+/t27-,33-/m0/s1. The molecule has 4 rings (SSSR count). The third-order valence-corrected chi connectivity index (χ3v) is 12.5. The maximum Gasteiger partial charge on any atom is 0.162 e. The average molecular weight is 498 g/mol. The first-order chi connectivity index (χ1) is 17.2. The van der Waals surface area contributed by atoms with Gasteiger partial charge in [0.25, 0.3) is 0 Å². The van der Waals surface area contributed by atoms with Crippen LogP contribution < -0.4 is 15.9 Å². The Morgan fingerprint density at radius 2 is 1.25 bits per heavy atom. The van der Waals surface area contributed by atoms with Gasteiger partial charge in [0.2, 0.25) is 0 Å². The molecule has 3 heteroatoms. The van der Waals surface area contributed by atoms with Crippen LogP contribution in [0.5, 0.6) is 0 Å². The van der Waals surface area contributed by atoms with E-state index in [0.29, 0.717) is 12.8 Å². The lowest BCUT2D eigenvalue weighted by Gasteiger charge is -2.35. The van der Waals surface area contributed by atoms with E-state index in [-0.39, 0.29) is 11.2 Å². The summed E-state index contributed by atoms with van der Waals surface area (Å²) in [5.74, 6) is 0.104. The predicted octanol–water partition coefficient (Wildman–Crippen LogP) is 6.24. The number of carbonyl (C=O) groups excluding carboxylic acids is 1. The summed E-state index contributed by atoms with van der Waals surface area (Å²) in [6.45, 7) is 8.27. The van der Waals surface area contributed by atoms with E-state index in [1.807, 2.05) is 13.0 Å². The molecule has 0 radical (unpaired) electrons. The number of allylic oxidation sites excluding steroid dienone is 4. The Bertz CT molecular complexity index is 1130. The van der Waals surface area contributed by atoms with Crippen LogP contribution in [0.3, 0.4) is 0 Å². The Morgan fingerprint density at radius 1 is 0.806 bits per heavy atom. The molecule has 0 amide bonds. The van der Waals surface area contributed by atoms with Crippen LogP contribution in [-0.4, -0.2) is 23.2 Å². The van der Waals surface area contributed by atoms with Crippen molar-refractivity contribution < 1.29 is 9.90 Å². The van der Waals surface area contributed by atoms with Gasteiger partial charge in [0.15, 0.2) is 5.78 Å². The fourth-order valence-corrected chi connectivity index (χ4v) is 9.75. The fourth-order valence-electron chi connectivity index (χ4n) is 5.62. The number of benzene rings is 3. The monoisotopic (exact) mass is 497 g/mol. The van der Waals surface area contributed by atoms with Gasteiger partial charge in [-0.05, 0) is 73.7 Å². The molecule has 186 valence electrons. The second kappa shape index (κ2) is 10.7. The van der Waals surface area contributed by atoms with Crippen molar-refractivity contribution in [1.29, 1.82) is 0 Å². The van der Waals surface area contributed by atoms with Gasteiger partial charge < -0.3 is 5.11 Å². The molecular formula is C33H38O2P+. The molecule has 2 nitrogen and oxygen atoms in total. The van der Waals surface area contributed by atoms with Crippen molar-refractivity contribution >= 4 is 29.0 Å². The van der Waals surface area contributed by atoms with Gasteiger partial charge in [-0.15, -0.1) is 0 Å². The van der Waals surface area contributed by atoms with Gasteiger partial charge in [-0.2, -0.15) is 0 Å². The van der Waals surface area contributed by atoms with Crippen LogP contribution >= 0.6 is 7.26 Å². The lowest BCUT2D eigenvalue weighted by Crippen LogP contribution is -2.36. The number of hydrogen-bond acceptors (Lipinski definition) is 2. The van der Waals surface area contributed by atoms with Crippen molar-refractivity contribution in [1.82, 2.24) is 0 Å². The summed E-state index contributed by atoms with van der Waals surface area (Å²) in [5.41, 5.74) is 0.313. The third kappa shape index (κ3) is 5.03. The largest absolute Gasteiger partial charge is 0.393 e. The molecule has 1 aliphatic carbocycles. The van der Waals surface area contributed by atoms with Crippen LogP contribution in [0.1, 0.15) is 40.5 Å². The summed E-state index contributed by atoms with van der Waals surface area (Å²) in [6, 6.07) is 32.5. The second-order valence-corrected chi connectivity index (χ2v) is 14.5. The summed E-state index contributed by atoms with van der Waals surface area (Å²) >= 11 is 0. The summed E-state index contributed by atoms with van der Waals surface area (Å²) in [5, 5.41) is 14.3. The molecule has 1 fully saturated rings. The molecule has 0 saturated heterocycles. The first kappa shape index (κ1) is 26.3. The molecule has 0 spiro atoms. The number of rotatable bonds is 8. The van der Waals surface area contributed by atoms with Crippen LogP contribution in [0.2, 0.25) is 0 Å². The topological polar surface area (TPSA) is 37.3 Å². The molecule has 3 aromatic rings. The van der Waals surface area contributed by atoms with E-state index in [4.69, 9.17) is 0 Å². The molecule has 1 N–H and O–H groups in total. The van der Waals surface area contributed by atoms with Gasteiger partial charge >= 0.3 is 0 Å². The fraction of sp³-hybridized carbons (Fsp3) is 0.303. The zero-order valence-corrected chi connectivity index (χ0v) is 22.8. The Hall–Kier alpha value is -2.80. The lowest BCUT2D eigenvalue weighted by atomic mass is 9.66. The Kier molecular flexibility index (Phi) is 7.79. The summed E-state index contributed by atoms with van der Waals surface area (Å²) in [4.78, 5) is 13.3. The van der Waals surface area contributed by atoms with E-state index in [9.17, 15) is 9.90 Å². The van der Waals surface area contributed by atoms with E-state index in [2.05, 4.69) is 118 Å². The number of carbonyl (C=O) groups is 1. The van der Waals surface area contributed by atoms with Crippen LogP contribution in [0, 0.1) is 10.8 Å². The first-order valence-corrected chi connectivity index (χ1v) is 14.8. The highest BCUT2D eigenvalue weighted by Crippen LogP contribution is 2.56. The zero-order chi connectivity index (χ0) is 25.8. The van der Waals surface area contributed by atoms with Crippen molar-refractivity contribution in [3.63, 3.8) is 0 Å². The molecule has 3 aromatic carbocycles. The van der Waals surface area contributed by atoms with Gasteiger partial charge in [0.1, 0.15) is 23.2 Å². The predicted molar refractivity (Wildman–Crippen MR) is 155 cm³/mol. The lowest BCUT2D eigenvalue weighted by molar-refractivity contribution is -0.127. The third-order valence-electron chi connectivity index (χ3n) is 8.20. The highest BCUT2D eigenvalue weighted by Gasteiger charge is 2.52. The van der Waals surface area contributed by atoms with Crippen molar-refractivity contribution in [3.05, 3.63) is 115 Å². The van der Waals surface area contributed by atoms with E-state index in [1.54, 1.807) is 6.08 Å². The molecule has 0 aromatic heterocycles. The minimum absolute atomic E-state index is 0.104. The molecule has 2 atom stereocenters. The summed E-state index contributed by atoms with van der Waals surface area (Å²) < 4.78 is 0. The van der Waals surface area contributed by atoms with Crippen molar-refractivity contribution in [3.8, 4) is 0 Å². The normalized spacial score (nSPS) is 22.1. The summed E-state index contributed by atoms with van der Waals surface area (Å²) in [7, 11) is -1.95. The van der Waals surface area contributed by atoms with Crippen LogP contribution in [-0.2, 0) is 4.79 Å². The Balaban J connectivity index is 1.71. The maximum absolute atomic E-state index is 13.3. The SMILES string of the molecule is CC(/C=C/C(=O)[C@]1(C)C[C@@H](O)CC1(C)C)=C\C[P+](c1ccccc1)(c1ccccc1)c1ccccc1. The molecule has 0 aliphatic heterocycles. The molecule has 36 heavy (non-hydrogen) atoms. The van der Waals surface area contributed by atoms with E-state index >= 15 is 0 Å². The van der Waals surface area contributed by atoms with E-state index in [0.717, 1.165) is 11.7 Å². The van der Waals surface area contributed by atoms with Gasteiger partial charge in [0, 0.05) is 5.41 Å². The van der Waals surface area contributed by atoms with Crippen molar-refractivity contribution in [2.75, 3.05) is 6.16 Å². The molecule has 1 aliphatic rings. The number of hydrogen-bond donors (Lipinski definition) is 1. The van der Waals surface area contributed by atoms with E-state index < -0.39 is 18.8 Å². The minimum atomic E-state index is -1.95.